The van der Waals surface area contributed by atoms with E-state index < -0.39 is 22.3 Å². The second kappa shape index (κ2) is 13.1. The fraction of sp³-hybridized carbons (Fsp3) is 0.565. The van der Waals surface area contributed by atoms with Crippen molar-refractivity contribution in [2.24, 2.45) is 36.6 Å². The topological polar surface area (TPSA) is 198 Å². The molecule has 19 heteroatoms. The Morgan fingerprint density at radius 1 is 0.831 bits per heavy atom. The van der Waals surface area contributed by atoms with Gasteiger partial charge in [0.1, 0.15) is 23.0 Å². The Morgan fingerprint density at radius 2 is 1.49 bits per heavy atom. The summed E-state index contributed by atoms with van der Waals surface area (Å²) in [6.45, 7) is 2.67. The molecule has 1 saturated heterocycles. The molecule has 7 heterocycles. The molecule has 18 nitrogen and oxygen atoms in total. The number of rotatable bonds is 8. The highest BCUT2D eigenvalue weighted by atomic mass is 35.5. The van der Waals surface area contributed by atoms with Crippen molar-refractivity contribution in [2.45, 2.75) is 119 Å². The number of ether oxygens (including phenoxy) is 1. The third kappa shape index (κ3) is 5.65. The number of halogens is 1. The first-order valence-electron chi connectivity index (χ1n) is 23.3. The van der Waals surface area contributed by atoms with Crippen molar-refractivity contribution in [2.75, 3.05) is 17.2 Å². The lowest BCUT2D eigenvalue weighted by molar-refractivity contribution is -0.189. The SMILES string of the molecule is Cc1cc2ncnn2cc1Nc1ncc2c(n1)n(C13CC4CC(CC(O)(C4)C1)C3)c(=O)n2OC12CC3CC(C1)CC(n1c(=O)n(C)c4cnc(NC5=CC6CCOC6C=C5Cl)nc41)(C3)C2. The maximum absolute atomic E-state index is 15.4. The maximum Gasteiger partial charge on any atom is 0.363 e. The fourth-order valence-corrected chi connectivity index (χ4v) is 15.4. The van der Waals surface area contributed by atoms with Crippen LogP contribution in [0.2, 0.25) is 0 Å². The molecule has 0 amide bonds. The molecule has 0 aromatic carbocycles. The molecule has 6 aromatic heterocycles. The normalized spacial score (nSPS) is 35.3. The van der Waals surface area contributed by atoms with E-state index in [1.54, 1.807) is 28.5 Å². The van der Waals surface area contributed by atoms with Gasteiger partial charge in [0.2, 0.25) is 11.9 Å². The minimum absolute atomic E-state index is 0.0302. The van der Waals surface area contributed by atoms with Crippen LogP contribution in [0.1, 0.15) is 89.0 Å². The van der Waals surface area contributed by atoms with Gasteiger partial charge < -0.3 is 25.3 Å². The number of anilines is 3. The smallest absolute Gasteiger partial charge is 0.363 e. The molecule has 1 aliphatic heterocycles. The minimum Gasteiger partial charge on any atom is -0.402 e. The zero-order valence-corrected chi connectivity index (χ0v) is 37.0. The first kappa shape index (κ1) is 38.7. The van der Waals surface area contributed by atoms with Crippen molar-refractivity contribution in [3.63, 3.8) is 0 Å². The Balaban J connectivity index is 0.864. The lowest BCUT2D eigenvalue weighted by Gasteiger charge is -2.61. The van der Waals surface area contributed by atoms with E-state index in [0.717, 1.165) is 93.2 Å². The highest BCUT2D eigenvalue weighted by Gasteiger charge is 2.63. The van der Waals surface area contributed by atoms with Gasteiger partial charge in [0.25, 0.3) is 0 Å². The average molecular weight is 900 g/mol. The molecule has 9 fully saturated rings. The number of hydrogen-bond acceptors (Lipinski definition) is 13. The minimum atomic E-state index is -0.821. The number of aryl methyl sites for hydroxylation is 2. The van der Waals surface area contributed by atoms with Crippen LogP contribution < -0.4 is 26.9 Å². The summed E-state index contributed by atoms with van der Waals surface area (Å²) < 4.78 is 14.4. The molecule has 9 aliphatic carbocycles. The molecule has 6 atom stereocenters. The predicted molar refractivity (Wildman–Crippen MR) is 239 cm³/mol. The number of allylic oxidation sites excluding steroid dienone is 1. The summed E-state index contributed by atoms with van der Waals surface area (Å²) in [5.74, 6) is 2.12. The number of nitrogens with one attached hydrogen (secondary N) is 2. The van der Waals surface area contributed by atoms with Crippen molar-refractivity contribution in [1.29, 1.82) is 0 Å². The zero-order chi connectivity index (χ0) is 43.8. The maximum atomic E-state index is 15.4. The Kier molecular flexibility index (Phi) is 7.77. The summed E-state index contributed by atoms with van der Waals surface area (Å²) in [7, 11) is 1.78. The summed E-state index contributed by atoms with van der Waals surface area (Å²) in [5.41, 5.74) is 2.09. The second-order valence-electron chi connectivity index (χ2n) is 21.3. The number of imidazole rings is 2. The molecule has 8 bridgehead atoms. The van der Waals surface area contributed by atoms with Crippen molar-refractivity contribution >= 4 is 57.2 Å². The second-order valence-corrected chi connectivity index (χ2v) is 21.7. The largest absolute Gasteiger partial charge is 0.402 e. The van der Waals surface area contributed by atoms with E-state index in [1.807, 2.05) is 34.4 Å². The Labute approximate surface area is 376 Å². The molecule has 65 heavy (non-hydrogen) atoms. The van der Waals surface area contributed by atoms with Crippen LogP contribution in [0.3, 0.4) is 0 Å². The molecular weight excluding hydrogens is 850 g/mol. The third-order valence-electron chi connectivity index (χ3n) is 16.8. The number of aromatic nitrogens is 11. The summed E-state index contributed by atoms with van der Waals surface area (Å²) in [6.07, 6.45) is 21.1. The number of pyridine rings is 1. The van der Waals surface area contributed by atoms with Gasteiger partial charge in [0.05, 0.1) is 57.8 Å². The van der Waals surface area contributed by atoms with Crippen LogP contribution in [0, 0.1) is 36.5 Å². The Hall–Kier alpha value is -5.59. The van der Waals surface area contributed by atoms with Gasteiger partial charge in [-0.3, -0.25) is 13.7 Å². The van der Waals surface area contributed by atoms with Crippen LogP contribution in [0.15, 0.2) is 63.5 Å². The van der Waals surface area contributed by atoms with Gasteiger partial charge in [0, 0.05) is 26.0 Å². The standard InChI is InChI=1S/C46H50ClN13O5/c1-24-5-36-50-23-51-57(36)20-32(24)53-40-49-19-34-38(55-40)59(43-10-25-6-26(11-43)15-45(63,14-25)21-43)42(62)60(34)65-46-16-27-7-28(17-46)13-44(12-27,22-46)58-37-33(56(2)41(58)61)18-48-39(54-37)52-31-8-29-3-4-64-35(29)9-30(31)47/h5,8-9,18-20,23,25-29,35,63H,3-4,6-7,10-17,21-22H2,1-2H3,(H,48,52,54)(H,49,53,55). The molecule has 336 valence electrons. The summed E-state index contributed by atoms with van der Waals surface area (Å²) in [6, 6.07) is 1.94. The van der Waals surface area contributed by atoms with Crippen molar-refractivity contribution in [1.82, 2.24) is 53.0 Å². The van der Waals surface area contributed by atoms with E-state index in [0.29, 0.717) is 70.5 Å². The monoisotopic (exact) mass is 899 g/mol. The first-order chi connectivity index (χ1) is 31.3. The van der Waals surface area contributed by atoms with Gasteiger partial charge in [-0.05, 0) is 125 Å². The van der Waals surface area contributed by atoms with Gasteiger partial charge in [0.15, 0.2) is 16.9 Å². The number of hydrogen-bond donors (Lipinski definition) is 3. The van der Waals surface area contributed by atoms with Crippen molar-refractivity contribution in [3.8, 4) is 0 Å². The number of fused-ring (bicyclic) bond motifs is 4. The van der Waals surface area contributed by atoms with E-state index >= 15 is 4.79 Å². The molecule has 6 unspecified atom stereocenters. The predicted octanol–water partition coefficient (Wildman–Crippen LogP) is 5.19. The van der Waals surface area contributed by atoms with Crippen LogP contribution in [-0.2, 0) is 22.9 Å². The summed E-state index contributed by atoms with van der Waals surface area (Å²) >= 11 is 6.73. The van der Waals surface area contributed by atoms with E-state index in [2.05, 4.69) is 31.8 Å². The van der Waals surface area contributed by atoms with Gasteiger partial charge in [-0.15, -0.1) is 4.73 Å². The Morgan fingerprint density at radius 3 is 2.23 bits per heavy atom. The zero-order valence-electron chi connectivity index (χ0n) is 36.3. The molecule has 3 N–H and O–H groups in total. The van der Waals surface area contributed by atoms with Crippen molar-refractivity contribution < 1.29 is 14.7 Å². The van der Waals surface area contributed by atoms with Gasteiger partial charge in [-0.2, -0.15) is 15.1 Å². The lowest BCUT2D eigenvalue weighted by atomic mass is 9.51. The number of nitrogens with zero attached hydrogens (tertiary/aromatic N) is 11. The Bertz CT molecular complexity index is 3200. The summed E-state index contributed by atoms with van der Waals surface area (Å²) in [5, 5.41) is 23.6. The number of aliphatic hydroxyl groups is 1. The van der Waals surface area contributed by atoms with Crippen LogP contribution in [0.5, 0.6) is 0 Å². The molecule has 16 rings (SSSR count). The van der Waals surface area contributed by atoms with Crippen LogP contribution in [0.25, 0.3) is 28.0 Å². The van der Waals surface area contributed by atoms with Gasteiger partial charge in [-0.25, -0.2) is 29.1 Å². The van der Waals surface area contributed by atoms with Gasteiger partial charge in [-0.1, -0.05) is 17.7 Å². The lowest BCUT2D eigenvalue weighted by Crippen LogP contribution is -2.65. The van der Waals surface area contributed by atoms with E-state index in [9.17, 15) is 9.90 Å². The molecule has 10 aliphatic rings. The quantitative estimate of drug-likeness (QED) is 0.181. The van der Waals surface area contributed by atoms with E-state index in [-0.39, 0.29) is 35.2 Å². The highest BCUT2D eigenvalue weighted by molar-refractivity contribution is 6.32. The van der Waals surface area contributed by atoms with Gasteiger partial charge >= 0.3 is 11.4 Å². The third-order valence-corrected chi connectivity index (χ3v) is 17.1. The van der Waals surface area contributed by atoms with Crippen LogP contribution in [0.4, 0.5) is 17.6 Å². The highest BCUT2D eigenvalue weighted by Crippen LogP contribution is 2.62. The fourth-order valence-electron chi connectivity index (χ4n) is 15.2. The molecule has 8 saturated carbocycles. The molecule has 0 radical (unpaired) electrons. The molecule has 6 aromatic rings. The first-order valence-corrected chi connectivity index (χ1v) is 23.6. The van der Waals surface area contributed by atoms with Crippen LogP contribution >= 0.6 is 11.6 Å². The summed E-state index contributed by atoms with van der Waals surface area (Å²) in [4.78, 5) is 61.3. The van der Waals surface area contributed by atoms with E-state index in [1.165, 1.54) is 11.1 Å². The average Bonchev–Trinajstić information content (AvgIpc) is 4.01. The van der Waals surface area contributed by atoms with Crippen molar-refractivity contribution in [3.05, 3.63) is 80.4 Å². The van der Waals surface area contributed by atoms with E-state index in [4.69, 9.17) is 36.1 Å². The molecule has 0 spiro atoms. The molecular formula is C46H50ClN13O5. The van der Waals surface area contributed by atoms with Crippen LogP contribution in [-0.4, -0.2) is 82.0 Å².